The van der Waals surface area contributed by atoms with Crippen LogP contribution in [0.3, 0.4) is 0 Å². The summed E-state index contributed by atoms with van der Waals surface area (Å²) in [5.41, 5.74) is 1.21. The molecule has 0 radical (unpaired) electrons. The Balaban J connectivity index is 2.17. The molecule has 0 saturated heterocycles. The van der Waals surface area contributed by atoms with E-state index in [0.717, 1.165) is 4.88 Å². The molecule has 17 heavy (non-hydrogen) atoms. The van der Waals surface area contributed by atoms with Crippen LogP contribution in [0.4, 0.5) is 0 Å². The fourth-order valence-electron chi connectivity index (χ4n) is 1.44. The van der Waals surface area contributed by atoms with Gasteiger partial charge in [0.25, 0.3) is 0 Å². The molecule has 2 nitrogen and oxygen atoms in total. The van der Waals surface area contributed by atoms with Gasteiger partial charge in [0.05, 0.1) is 0 Å². The van der Waals surface area contributed by atoms with Crippen LogP contribution in [0.25, 0.3) is 16.5 Å². The first-order valence-electron chi connectivity index (χ1n) is 5.34. The van der Waals surface area contributed by atoms with Gasteiger partial charge in [-0.2, -0.15) is 0 Å². The molecule has 1 heterocycles. The predicted octanol–water partition coefficient (Wildman–Crippen LogP) is 3.17. The van der Waals surface area contributed by atoms with Gasteiger partial charge in [0.15, 0.2) is 0 Å². The van der Waals surface area contributed by atoms with Crippen molar-refractivity contribution in [3.05, 3.63) is 53.4 Å². The molecule has 86 valence electrons. The van der Waals surface area contributed by atoms with Gasteiger partial charge in [-0.05, 0) is 23.8 Å². The molecule has 0 spiro atoms. The number of likely N-dealkylation sites (N-methyl/N-ethyl adjacent to an activating group) is 1. The SMILES string of the molecule is CNC(=O)/C=C/c1ccc(-c2ccccc2)s1. The van der Waals surface area contributed by atoms with Crippen LogP contribution in [-0.4, -0.2) is 13.0 Å². The van der Waals surface area contributed by atoms with E-state index in [2.05, 4.69) is 23.5 Å². The van der Waals surface area contributed by atoms with E-state index in [0.29, 0.717) is 0 Å². The predicted molar refractivity (Wildman–Crippen MR) is 72.9 cm³/mol. The van der Waals surface area contributed by atoms with Crippen LogP contribution < -0.4 is 5.32 Å². The van der Waals surface area contributed by atoms with Gasteiger partial charge >= 0.3 is 0 Å². The summed E-state index contributed by atoms with van der Waals surface area (Å²) in [5.74, 6) is -0.0836. The minimum atomic E-state index is -0.0836. The lowest BCUT2D eigenvalue weighted by Gasteiger charge is -1.94. The van der Waals surface area contributed by atoms with E-state index in [1.54, 1.807) is 24.5 Å². The number of hydrogen-bond acceptors (Lipinski definition) is 2. The first-order chi connectivity index (χ1) is 8.29. The first kappa shape index (κ1) is 11.6. The molecule has 1 N–H and O–H groups in total. The zero-order valence-corrected chi connectivity index (χ0v) is 10.3. The summed E-state index contributed by atoms with van der Waals surface area (Å²) in [6.07, 6.45) is 3.37. The van der Waals surface area contributed by atoms with Crippen molar-refractivity contribution < 1.29 is 4.79 Å². The standard InChI is InChI=1S/C14H13NOS/c1-15-14(16)10-8-12-7-9-13(17-12)11-5-3-2-4-6-11/h2-10H,1H3,(H,15,16)/b10-8+. The second kappa shape index (κ2) is 5.46. The number of amides is 1. The quantitative estimate of drug-likeness (QED) is 0.824. The number of rotatable bonds is 3. The highest BCUT2D eigenvalue weighted by Gasteiger charge is 2.00. The van der Waals surface area contributed by atoms with Crippen LogP contribution in [0.5, 0.6) is 0 Å². The summed E-state index contributed by atoms with van der Waals surface area (Å²) in [5, 5.41) is 2.55. The van der Waals surface area contributed by atoms with Crippen LogP contribution in [0, 0.1) is 0 Å². The van der Waals surface area contributed by atoms with E-state index >= 15 is 0 Å². The summed E-state index contributed by atoms with van der Waals surface area (Å²) < 4.78 is 0. The summed E-state index contributed by atoms with van der Waals surface area (Å²) in [6, 6.07) is 14.3. The largest absolute Gasteiger partial charge is 0.356 e. The molecule has 1 aromatic heterocycles. The van der Waals surface area contributed by atoms with Crippen molar-refractivity contribution in [3.8, 4) is 10.4 Å². The molecule has 0 aliphatic heterocycles. The van der Waals surface area contributed by atoms with E-state index in [4.69, 9.17) is 0 Å². The molecule has 2 aromatic rings. The highest BCUT2D eigenvalue weighted by Crippen LogP contribution is 2.28. The van der Waals surface area contributed by atoms with Crippen molar-refractivity contribution in [1.82, 2.24) is 5.32 Å². The molecule has 1 aromatic carbocycles. The summed E-state index contributed by atoms with van der Waals surface area (Å²) in [7, 11) is 1.62. The second-order valence-electron chi connectivity index (χ2n) is 3.52. The second-order valence-corrected chi connectivity index (χ2v) is 4.63. The van der Waals surface area contributed by atoms with E-state index < -0.39 is 0 Å². The van der Waals surface area contributed by atoms with Crippen molar-refractivity contribution in [2.24, 2.45) is 0 Å². The summed E-state index contributed by atoms with van der Waals surface area (Å²) in [6.45, 7) is 0. The third kappa shape index (κ3) is 3.04. The van der Waals surface area contributed by atoms with Gasteiger partial charge in [0, 0.05) is 22.9 Å². The third-order valence-corrected chi connectivity index (χ3v) is 3.43. The Morgan fingerprint density at radius 3 is 2.65 bits per heavy atom. The average molecular weight is 243 g/mol. The molecular formula is C14H13NOS. The molecule has 0 unspecified atom stereocenters. The Morgan fingerprint density at radius 2 is 1.94 bits per heavy atom. The first-order valence-corrected chi connectivity index (χ1v) is 6.16. The van der Waals surface area contributed by atoms with Crippen LogP contribution >= 0.6 is 11.3 Å². The van der Waals surface area contributed by atoms with Crippen LogP contribution in [0.1, 0.15) is 4.88 Å². The number of benzene rings is 1. The number of nitrogens with one attached hydrogen (secondary N) is 1. The molecule has 2 rings (SSSR count). The minimum Gasteiger partial charge on any atom is -0.356 e. The van der Waals surface area contributed by atoms with Crippen LogP contribution in [-0.2, 0) is 4.79 Å². The molecule has 0 aliphatic rings. The lowest BCUT2D eigenvalue weighted by molar-refractivity contribution is -0.115. The number of carbonyl (C=O) groups is 1. The molecule has 0 fully saturated rings. The number of carbonyl (C=O) groups excluding carboxylic acids is 1. The van der Waals surface area contributed by atoms with Gasteiger partial charge < -0.3 is 5.32 Å². The van der Waals surface area contributed by atoms with Crippen molar-refractivity contribution in [2.45, 2.75) is 0 Å². The topological polar surface area (TPSA) is 29.1 Å². The van der Waals surface area contributed by atoms with Crippen molar-refractivity contribution >= 4 is 23.3 Å². The van der Waals surface area contributed by atoms with Gasteiger partial charge in [-0.25, -0.2) is 0 Å². The molecule has 1 amide bonds. The zero-order valence-electron chi connectivity index (χ0n) is 9.51. The monoisotopic (exact) mass is 243 g/mol. The summed E-state index contributed by atoms with van der Waals surface area (Å²) >= 11 is 1.67. The Morgan fingerprint density at radius 1 is 1.18 bits per heavy atom. The molecule has 0 bridgehead atoms. The van der Waals surface area contributed by atoms with Crippen molar-refractivity contribution in [1.29, 1.82) is 0 Å². The van der Waals surface area contributed by atoms with Gasteiger partial charge in [0.1, 0.15) is 0 Å². The van der Waals surface area contributed by atoms with Crippen LogP contribution in [0.2, 0.25) is 0 Å². The van der Waals surface area contributed by atoms with E-state index in [1.807, 2.05) is 30.3 Å². The molecule has 0 saturated carbocycles. The summed E-state index contributed by atoms with van der Waals surface area (Å²) in [4.78, 5) is 13.4. The highest BCUT2D eigenvalue weighted by atomic mass is 32.1. The van der Waals surface area contributed by atoms with Gasteiger partial charge in [-0.1, -0.05) is 30.3 Å². The number of hydrogen-bond donors (Lipinski definition) is 1. The average Bonchev–Trinajstić information content (AvgIpc) is 2.86. The van der Waals surface area contributed by atoms with Crippen molar-refractivity contribution in [2.75, 3.05) is 7.05 Å². The van der Waals surface area contributed by atoms with Gasteiger partial charge in [-0.15, -0.1) is 11.3 Å². The van der Waals surface area contributed by atoms with E-state index in [-0.39, 0.29) is 5.91 Å². The van der Waals surface area contributed by atoms with Crippen LogP contribution in [0.15, 0.2) is 48.5 Å². The maximum atomic E-state index is 11.1. The minimum absolute atomic E-state index is 0.0836. The Hall–Kier alpha value is -1.87. The van der Waals surface area contributed by atoms with Crippen molar-refractivity contribution in [3.63, 3.8) is 0 Å². The van der Waals surface area contributed by atoms with E-state index in [1.165, 1.54) is 10.4 Å². The smallest absolute Gasteiger partial charge is 0.243 e. The molecule has 0 atom stereocenters. The normalized spacial score (nSPS) is 10.6. The Labute approximate surface area is 105 Å². The maximum absolute atomic E-state index is 11.1. The maximum Gasteiger partial charge on any atom is 0.243 e. The third-order valence-electron chi connectivity index (χ3n) is 2.33. The van der Waals surface area contributed by atoms with E-state index in [9.17, 15) is 4.79 Å². The fraction of sp³-hybridized carbons (Fsp3) is 0.0714. The molecule has 0 aliphatic carbocycles. The number of thiophene rings is 1. The zero-order chi connectivity index (χ0) is 12.1. The highest BCUT2D eigenvalue weighted by molar-refractivity contribution is 7.16. The lowest BCUT2D eigenvalue weighted by Crippen LogP contribution is -2.13. The Kier molecular flexibility index (Phi) is 3.73. The fourth-order valence-corrected chi connectivity index (χ4v) is 2.36. The van der Waals surface area contributed by atoms with Gasteiger partial charge in [0.2, 0.25) is 5.91 Å². The Bertz CT molecular complexity index is 528. The van der Waals surface area contributed by atoms with Gasteiger partial charge in [-0.3, -0.25) is 4.79 Å². The lowest BCUT2D eigenvalue weighted by atomic mass is 10.2. The molecular weight excluding hydrogens is 230 g/mol. The molecule has 3 heteroatoms.